The van der Waals surface area contributed by atoms with Crippen molar-refractivity contribution in [2.24, 2.45) is 5.92 Å². The smallest absolute Gasteiger partial charge is 0.396 e. The van der Waals surface area contributed by atoms with Crippen molar-refractivity contribution in [2.45, 2.75) is 19.0 Å². The van der Waals surface area contributed by atoms with Gasteiger partial charge in [-0.05, 0) is 30.9 Å². The van der Waals surface area contributed by atoms with E-state index in [4.69, 9.17) is 5.11 Å². The van der Waals surface area contributed by atoms with Crippen LogP contribution in [0.1, 0.15) is 28.8 Å². The Bertz CT molecular complexity index is 596. The summed E-state index contributed by atoms with van der Waals surface area (Å²) in [7, 11) is 0. The Labute approximate surface area is 137 Å². The first-order valence-corrected chi connectivity index (χ1v) is 7.66. The summed E-state index contributed by atoms with van der Waals surface area (Å²) in [5.41, 5.74) is -1.53. The molecule has 8 heteroatoms. The standard InChI is InChI=1S/C16H19F3N2O3/c17-16(18,19)13-4-2-1-3-12(13)15(24)20-9-14(23)21-7-5-11(10-22)6-8-21/h1-4,11,22H,5-10H2,(H,20,24). The summed E-state index contributed by atoms with van der Waals surface area (Å²) in [6.45, 7) is 0.667. The third-order valence-electron chi connectivity index (χ3n) is 4.10. The summed E-state index contributed by atoms with van der Waals surface area (Å²) in [5.74, 6) is -1.10. The van der Waals surface area contributed by atoms with Crippen molar-refractivity contribution in [3.63, 3.8) is 0 Å². The number of nitrogens with one attached hydrogen (secondary N) is 1. The molecule has 1 saturated heterocycles. The van der Waals surface area contributed by atoms with Crippen molar-refractivity contribution >= 4 is 11.8 Å². The monoisotopic (exact) mass is 344 g/mol. The minimum Gasteiger partial charge on any atom is -0.396 e. The number of amides is 2. The van der Waals surface area contributed by atoms with Gasteiger partial charge in [0.2, 0.25) is 5.91 Å². The highest BCUT2D eigenvalue weighted by Crippen LogP contribution is 2.31. The number of nitrogens with zero attached hydrogens (tertiary/aromatic N) is 1. The van der Waals surface area contributed by atoms with Gasteiger partial charge in [-0.1, -0.05) is 12.1 Å². The molecule has 5 nitrogen and oxygen atoms in total. The fourth-order valence-electron chi connectivity index (χ4n) is 2.66. The van der Waals surface area contributed by atoms with Crippen LogP contribution in [-0.2, 0) is 11.0 Å². The summed E-state index contributed by atoms with van der Waals surface area (Å²) in [6, 6.07) is 4.45. The van der Waals surface area contributed by atoms with E-state index in [9.17, 15) is 22.8 Å². The first-order valence-electron chi connectivity index (χ1n) is 7.66. The number of aliphatic hydroxyl groups excluding tert-OH is 1. The molecule has 1 aliphatic heterocycles. The first kappa shape index (κ1) is 18.3. The Balaban J connectivity index is 1.93. The van der Waals surface area contributed by atoms with Gasteiger partial charge in [-0.2, -0.15) is 13.2 Å². The van der Waals surface area contributed by atoms with Crippen molar-refractivity contribution in [2.75, 3.05) is 26.2 Å². The number of carbonyl (C=O) groups excluding carboxylic acids is 2. The van der Waals surface area contributed by atoms with Gasteiger partial charge < -0.3 is 15.3 Å². The molecule has 0 atom stereocenters. The van der Waals surface area contributed by atoms with Gasteiger partial charge in [0.25, 0.3) is 5.91 Å². The van der Waals surface area contributed by atoms with Gasteiger partial charge in [-0.15, -0.1) is 0 Å². The maximum atomic E-state index is 12.9. The molecule has 0 aromatic heterocycles. The Morgan fingerprint density at radius 3 is 2.42 bits per heavy atom. The predicted octanol–water partition coefficient (Wildman–Crippen LogP) is 1.67. The minimum absolute atomic E-state index is 0.0764. The first-order chi connectivity index (χ1) is 11.3. The molecule has 0 aliphatic carbocycles. The van der Waals surface area contributed by atoms with Gasteiger partial charge in [0.05, 0.1) is 17.7 Å². The molecule has 1 aromatic rings. The molecule has 0 radical (unpaired) electrons. The van der Waals surface area contributed by atoms with E-state index in [1.807, 2.05) is 0 Å². The summed E-state index contributed by atoms with van der Waals surface area (Å²) >= 11 is 0. The second-order valence-electron chi connectivity index (χ2n) is 5.73. The SMILES string of the molecule is O=C(NCC(=O)N1CCC(CO)CC1)c1ccccc1C(F)(F)F. The van der Waals surface area contributed by atoms with Crippen LogP contribution in [0.2, 0.25) is 0 Å². The number of benzene rings is 1. The fraction of sp³-hybridized carbons (Fsp3) is 0.500. The topological polar surface area (TPSA) is 69.6 Å². The molecule has 0 spiro atoms. The highest BCUT2D eigenvalue weighted by atomic mass is 19.4. The van der Waals surface area contributed by atoms with Gasteiger partial charge in [0.1, 0.15) is 0 Å². The van der Waals surface area contributed by atoms with Crippen molar-refractivity contribution in [1.82, 2.24) is 10.2 Å². The number of hydrogen-bond donors (Lipinski definition) is 2. The average molecular weight is 344 g/mol. The summed E-state index contributed by atoms with van der Waals surface area (Å²) < 4.78 is 38.7. The number of carbonyl (C=O) groups is 2. The lowest BCUT2D eigenvalue weighted by molar-refractivity contribution is -0.137. The van der Waals surface area contributed by atoms with Crippen LogP contribution in [0.15, 0.2) is 24.3 Å². The number of alkyl halides is 3. The molecule has 1 fully saturated rings. The Kier molecular flexibility index (Phi) is 5.82. The largest absolute Gasteiger partial charge is 0.417 e. The van der Waals surface area contributed by atoms with E-state index < -0.39 is 23.2 Å². The molecule has 2 N–H and O–H groups in total. The highest BCUT2D eigenvalue weighted by molar-refractivity contribution is 5.97. The lowest BCUT2D eigenvalue weighted by Gasteiger charge is -2.31. The zero-order valence-electron chi connectivity index (χ0n) is 13.0. The number of hydrogen-bond acceptors (Lipinski definition) is 3. The minimum atomic E-state index is -4.63. The molecule has 1 aliphatic rings. The fourth-order valence-corrected chi connectivity index (χ4v) is 2.66. The quantitative estimate of drug-likeness (QED) is 0.873. The molecule has 0 saturated carbocycles. The number of halogens is 3. The van der Waals surface area contributed by atoms with E-state index in [0.29, 0.717) is 25.9 Å². The maximum Gasteiger partial charge on any atom is 0.417 e. The van der Waals surface area contributed by atoms with E-state index in [1.165, 1.54) is 12.1 Å². The number of likely N-dealkylation sites (tertiary alicyclic amines) is 1. The van der Waals surface area contributed by atoms with E-state index in [1.54, 1.807) is 4.90 Å². The van der Waals surface area contributed by atoms with Crippen LogP contribution in [0.3, 0.4) is 0 Å². The van der Waals surface area contributed by atoms with Crippen LogP contribution in [0.4, 0.5) is 13.2 Å². The molecular formula is C16H19F3N2O3. The van der Waals surface area contributed by atoms with Gasteiger partial charge in [0.15, 0.2) is 0 Å². The van der Waals surface area contributed by atoms with Crippen LogP contribution < -0.4 is 5.32 Å². The predicted molar refractivity (Wildman–Crippen MR) is 80.2 cm³/mol. The van der Waals surface area contributed by atoms with Gasteiger partial charge in [0, 0.05) is 19.7 Å². The number of rotatable bonds is 4. The maximum absolute atomic E-state index is 12.9. The third kappa shape index (κ3) is 4.47. The van der Waals surface area contributed by atoms with E-state index in [-0.39, 0.29) is 25.0 Å². The molecule has 1 aromatic carbocycles. The Morgan fingerprint density at radius 1 is 1.21 bits per heavy atom. The third-order valence-corrected chi connectivity index (χ3v) is 4.10. The second kappa shape index (κ2) is 7.65. The summed E-state index contributed by atoms with van der Waals surface area (Å²) in [6.07, 6.45) is -3.29. The molecule has 24 heavy (non-hydrogen) atoms. The van der Waals surface area contributed by atoms with E-state index >= 15 is 0 Å². The van der Waals surface area contributed by atoms with Crippen molar-refractivity contribution < 1.29 is 27.9 Å². The van der Waals surface area contributed by atoms with Crippen LogP contribution in [0.25, 0.3) is 0 Å². The average Bonchev–Trinajstić information content (AvgIpc) is 2.58. The normalized spacial score (nSPS) is 16.1. The molecule has 0 bridgehead atoms. The van der Waals surface area contributed by atoms with Gasteiger partial charge in [-0.25, -0.2) is 0 Å². The zero-order chi connectivity index (χ0) is 17.7. The van der Waals surface area contributed by atoms with Crippen LogP contribution in [-0.4, -0.2) is 48.1 Å². The molecule has 2 amide bonds. The number of aliphatic hydroxyl groups is 1. The Morgan fingerprint density at radius 2 is 1.83 bits per heavy atom. The molecule has 132 valence electrons. The Hall–Kier alpha value is -2.09. The molecule has 0 unspecified atom stereocenters. The molecule has 2 rings (SSSR count). The zero-order valence-corrected chi connectivity index (χ0v) is 13.0. The number of piperidine rings is 1. The van der Waals surface area contributed by atoms with Crippen LogP contribution >= 0.6 is 0 Å². The van der Waals surface area contributed by atoms with Crippen molar-refractivity contribution in [3.05, 3.63) is 35.4 Å². The van der Waals surface area contributed by atoms with E-state index in [2.05, 4.69) is 5.32 Å². The highest BCUT2D eigenvalue weighted by Gasteiger charge is 2.35. The molecule has 1 heterocycles. The summed E-state index contributed by atoms with van der Waals surface area (Å²) in [5, 5.41) is 11.3. The van der Waals surface area contributed by atoms with E-state index in [0.717, 1.165) is 12.1 Å². The van der Waals surface area contributed by atoms with Gasteiger partial charge >= 0.3 is 6.18 Å². The second-order valence-corrected chi connectivity index (χ2v) is 5.73. The van der Waals surface area contributed by atoms with Crippen LogP contribution in [0, 0.1) is 5.92 Å². The lowest BCUT2D eigenvalue weighted by Crippen LogP contribution is -2.44. The summed E-state index contributed by atoms with van der Waals surface area (Å²) in [4.78, 5) is 25.6. The van der Waals surface area contributed by atoms with Crippen LogP contribution in [0.5, 0.6) is 0 Å². The lowest BCUT2D eigenvalue weighted by atomic mass is 9.98. The van der Waals surface area contributed by atoms with Crippen molar-refractivity contribution in [1.29, 1.82) is 0 Å². The van der Waals surface area contributed by atoms with Gasteiger partial charge in [-0.3, -0.25) is 9.59 Å². The van der Waals surface area contributed by atoms with Crippen molar-refractivity contribution in [3.8, 4) is 0 Å². The molecular weight excluding hydrogens is 325 g/mol.